The van der Waals surface area contributed by atoms with Gasteiger partial charge < -0.3 is 9.88 Å². The van der Waals surface area contributed by atoms with Crippen molar-refractivity contribution in [2.75, 3.05) is 5.32 Å². The van der Waals surface area contributed by atoms with E-state index < -0.39 is 0 Å². The Balaban J connectivity index is 2.14. The minimum Gasteiger partial charge on any atom is -0.324 e. The summed E-state index contributed by atoms with van der Waals surface area (Å²) in [6.45, 7) is 1.83. The molecule has 0 atom stereocenters. The lowest BCUT2D eigenvalue weighted by Gasteiger charge is -2.08. The lowest BCUT2D eigenvalue weighted by atomic mass is 10.2. The van der Waals surface area contributed by atoms with Crippen LogP contribution in [-0.2, 0) is 11.3 Å². The smallest absolute Gasteiger partial charge is 0.244 e. The van der Waals surface area contributed by atoms with Gasteiger partial charge in [0, 0.05) is 5.69 Å². The van der Waals surface area contributed by atoms with E-state index in [2.05, 4.69) is 10.3 Å². The zero-order valence-corrected chi connectivity index (χ0v) is 10.8. The van der Waals surface area contributed by atoms with E-state index in [1.807, 2.05) is 37.3 Å². The highest BCUT2D eigenvalue weighted by Gasteiger charge is 2.13. The number of hydrogen-bond donors (Lipinski definition) is 1. The number of rotatable bonds is 3. The molecule has 0 saturated heterocycles. The summed E-state index contributed by atoms with van der Waals surface area (Å²) in [5.41, 5.74) is 1.78. The molecule has 0 spiro atoms. The van der Waals surface area contributed by atoms with Crippen LogP contribution in [0.4, 0.5) is 5.69 Å². The minimum absolute atomic E-state index is 0.0243. The molecule has 6 heteroatoms. The second kappa shape index (κ2) is 5.68. The molecule has 0 aliphatic heterocycles. The maximum absolute atomic E-state index is 11.9. The average molecular weight is 265 g/mol. The monoisotopic (exact) mass is 265 g/mol. The molecule has 0 aliphatic carbocycles. The Kier molecular flexibility index (Phi) is 3.78. The third kappa shape index (κ3) is 2.65. The molecule has 0 radical (unpaired) electrons. The number of carbonyl (C=O) groups is 1. The number of imidazole rings is 1. The quantitative estimate of drug-likeness (QED) is 0.911. The summed E-state index contributed by atoms with van der Waals surface area (Å²) < 4.78 is 1.35. The van der Waals surface area contributed by atoms with Crippen molar-refractivity contribution in [1.29, 1.82) is 10.5 Å². The van der Waals surface area contributed by atoms with Gasteiger partial charge in [0.15, 0.2) is 11.4 Å². The third-order valence-electron chi connectivity index (χ3n) is 2.78. The van der Waals surface area contributed by atoms with Crippen LogP contribution in [0.1, 0.15) is 17.0 Å². The second-order valence-electron chi connectivity index (χ2n) is 4.16. The number of amides is 1. The van der Waals surface area contributed by atoms with Gasteiger partial charge in [-0.3, -0.25) is 4.79 Å². The summed E-state index contributed by atoms with van der Waals surface area (Å²) in [5.74, 6) is -0.280. The number of carbonyl (C=O) groups excluding carboxylic acids is 1. The maximum atomic E-state index is 11.9. The third-order valence-corrected chi connectivity index (χ3v) is 2.78. The Morgan fingerprint density at radius 3 is 2.75 bits per heavy atom. The van der Waals surface area contributed by atoms with Crippen molar-refractivity contribution in [3.8, 4) is 12.1 Å². The Bertz CT molecular complexity index is 733. The van der Waals surface area contributed by atoms with Crippen molar-refractivity contribution in [3.05, 3.63) is 47.5 Å². The predicted octanol–water partition coefficient (Wildman–Crippen LogP) is 1.57. The van der Waals surface area contributed by atoms with Crippen LogP contribution in [-0.4, -0.2) is 15.5 Å². The standard InChI is InChI=1S/C14H11N5O/c1-10-4-2-3-5-11(10)18-14(20)8-19-9-17-12(6-15)13(19)7-16/h2-5,9H,8H2,1H3,(H,18,20). The zero-order chi connectivity index (χ0) is 14.5. The van der Waals surface area contributed by atoms with Gasteiger partial charge >= 0.3 is 0 Å². The van der Waals surface area contributed by atoms with E-state index >= 15 is 0 Å². The van der Waals surface area contributed by atoms with Crippen LogP contribution in [0.25, 0.3) is 0 Å². The number of aryl methyl sites for hydroxylation is 1. The van der Waals surface area contributed by atoms with Crippen molar-refractivity contribution in [3.63, 3.8) is 0 Å². The zero-order valence-electron chi connectivity index (χ0n) is 10.8. The van der Waals surface area contributed by atoms with Crippen LogP contribution in [0.15, 0.2) is 30.6 Å². The Morgan fingerprint density at radius 2 is 2.10 bits per heavy atom. The van der Waals surface area contributed by atoms with E-state index in [9.17, 15) is 4.79 Å². The minimum atomic E-state index is -0.280. The Morgan fingerprint density at radius 1 is 1.35 bits per heavy atom. The van der Waals surface area contributed by atoms with E-state index in [4.69, 9.17) is 10.5 Å². The molecule has 0 unspecified atom stereocenters. The van der Waals surface area contributed by atoms with Gasteiger partial charge in [0.05, 0.1) is 6.33 Å². The van der Waals surface area contributed by atoms with Gasteiger partial charge in [-0.25, -0.2) is 4.98 Å². The molecule has 1 amide bonds. The van der Waals surface area contributed by atoms with Crippen molar-refractivity contribution >= 4 is 11.6 Å². The number of nitriles is 2. The summed E-state index contributed by atoms with van der Waals surface area (Å²) in [6.07, 6.45) is 1.31. The van der Waals surface area contributed by atoms with E-state index in [0.717, 1.165) is 11.3 Å². The van der Waals surface area contributed by atoms with Crippen molar-refractivity contribution in [2.24, 2.45) is 0 Å². The summed E-state index contributed by atoms with van der Waals surface area (Å²) >= 11 is 0. The molecule has 1 aromatic heterocycles. The van der Waals surface area contributed by atoms with Crippen molar-refractivity contribution in [2.45, 2.75) is 13.5 Å². The van der Waals surface area contributed by atoms with Crippen LogP contribution in [0.5, 0.6) is 0 Å². The van der Waals surface area contributed by atoms with E-state index in [1.165, 1.54) is 10.9 Å². The van der Waals surface area contributed by atoms with Crippen molar-refractivity contribution in [1.82, 2.24) is 9.55 Å². The largest absolute Gasteiger partial charge is 0.324 e. The van der Waals surface area contributed by atoms with Gasteiger partial charge in [-0.05, 0) is 18.6 Å². The molecule has 0 aliphatic rings. The first-order valence-corrected chi connectivity index (χ1v) is 5.86. The molecule has 0 bridgehead atoms. The number of nitrogens with one attached hydrogen (secondary N) is 1. The molecule has 1 N–H and O–H groups in total. The number of anilines is 1. The first-order valence-electron chi connectivity index (χ1n) is 5.86. The average Bonchev–Trinajstić information content (AvgIpc) is 2.83. The maximum Gasteiger partial charge on any atom is 0.244 e. The second-order valence-corrected chi connectivity index (χ2v) is 4.16. The van der Waals surface area contributed by atoms with Gasteiger partial charge in [-0.1, -0.05) is 18.2 Å². The van der Waals surface area contributed by atoms with Crippen LogP contribution < -0.4 is 5.32 Å². The molecule has 0 fully saturated rings. The van der Waals surface area contributed by atoms with Crippen molar-refractivity contribution < 1.29 is 4.79 Å². The van der Waals surface area contributed by atoms with Gasteiger partial charge in [-0.15, -0.1) is 0 Å². The molecule has 2 rings (SSSR count). The molecule has 20 heavy (non-hydrogen) atoms. The van der Waals surface area contributed by atoms with Gasteiger partial charge in [-0.2, -0.15) is 10.5 Å². The number of aromatic nitrogens is 2. The Labute approximate surface area is 115 Å². The summed E-state index contributed by atoms with van der Waals surface area (Å²) in [4.78, 5) is 15.7. The molecule has 0 saturated carbocycles. The molecular formula is C14H11N5O. The first-order chi connectivity index (χ1) is 9.65. The van der Waals surface area contributed by atoms with Gasteiger partial charge in [0.25, 0.3) is 0 Å². The van der Waals surface area contributed by atoms with Crippen LogP contribution in [0, 0.1) is 29.6 Å². The summed E-state index contributed by atoms with van der Waals surface area (Å²) in [5, 5.41) is 20.5. The SMILES string of the molecule is Cc1ccccc1NC(=O)Cn1cnc(C#N)c1C#N. The fraction of sp³-hybridized carbons (Fsp3) is 0.143. The van der Waals surface area contributed by atoms with Crippen LogP contribution >= 0.6 is 0 Å². The van der Waals surface area contributed by atoms with Gasteiger partial charge in [0.1, 0.15) is 18.7 Å². The highest BCUT2D eigenvalue weighted by Crippen LogP contribution is 2.13. The first kappa shape index (κ1) is 13.3. The molecule has 2 aromatic rings. The molecule has 1 aromatic carbocycles. The van der Waals surface area contributed by atoms with E-state index in [1.54, 1.807) is 6.07 Å². The summed E-state index contributed by atoms with van der Waals surface area (Å²) in [6, 6.07) is 11.1. The van der Waals surface area contributed by atoms with E-state index in [0.29, 0.717) is 0 Å². The molecule has 1 heterocycles. The molecular weight excluding hydrogens is 254 g/mol. The van der Waals surface area contributed by atoms with Gasteiger partial charge in [0.2, 0.25) is 5.91 Å². The van der Waals surface area contributed by atoms with Crippen LogP contribution in [0.2, 0.25) is 0 Å². The lowest BCUT2D eigenvalue weighted by Crippen LogP contribution is -2.19. The number of benzene rings is 1. The highest BCUT2D eigenvalue weighted by atomic mass is 16.1. The number of hydrogen-bond acceptors (Lipinski definition) is 4. The summed E-state index contributed by atoms with van der Waals surface area (Å²) in [7, 11) is 0. The number of para-hydroxylation sites is 1. The molecule has 98 valence electrons. The normalized spacial score (nSPS) is 9.55. The van der Waals surface area contributed by atoms with Crippen LogP contribution in [0.3, 0.4) is 0 Å². The fourth-order valence-corrected chi connectivity index (χ4v) is 1.76. The molecule has 6 nitrogen and oxygen atoms in total. The predicted molar refractivity (Wildman–Crippen MR) is 71.5 cm³/mol. The fourth-order valence-electron chi connectivity index (χ4n) is 1.76. The van der Waals surface area contributed by atoms with E-state index in [-0.39, 0.29) is 23.8 Å². The lowest BCUT2D eigenvalue weighted by molar-refractivity contribution is -0.116. The highest BCUT2D eigenvalue weighted by molar-refractivity contribution is 5.91. The number of nitrogens with zero attached hydrogens (tertiary/aromatic N) is 4. The topological polar surface area (TPSA) is 94.5 Å². The Hall–Kier alpha value is -3.12.